The van der Waals surface area contributed by atoms with E-state index in [2.05, 4.69) is 4.98 Å². The van der Waals surface area contributed by atoms with Gasteiger partial charge in [-0.1, -0.05) is 99.9 Å². The van der Waals surface area contributed by atoms with Gasteiger partial charge in [-0.25, -0.2) is 14.6 Å². The van der Waals surface area contributed by atoms with E-state index in [1.807, 2.05) is 30.3 Å². The van der Waals surface area contributed by atoms with Gasteiger partial charge in [0.05, 0.1) is 5.69 Å². The van der Waals surface area contributed by atoms with Gasteiger partial charge in [-0.15, -0.1) is 0 Å². The first-order valence-corrected chi connectivity index (χ1v) is 13.2. The molecule has 3 rings (SSSR count). The number of carbonyl (C=O) groups excluding carboxylic acids is 1. The number of hydrogen-bond donors (Lipinski definition) is 2. The summed E-state index contributed by atoms with van der Waals surface area (Å²) >= 11 is 36.3. The molecule has 0 saturated carbocycles. The van der Waals surface area contributed by atoms with Crippen LogP contribution >= 0.6 is 69.6 Å². The zero-order chi connectivity index (χ0) is 27.5. The highest BCUT2D eigenvalue weighted by atomic mass is 35.6. The van der Waals surface area contributed by atoms with Crippen LogP contribution in [0.5, 0.6) is 0 Å². The Morgan fingerprint density at radius 1 is 1.00 bits per heavy atom. The Kier molecular flexibility index (Phi) is 9.70. The predicted molar refractivity (Wildman–Crippen MR) is 146 cm³/mol. The predicted octanol–water partition coefficient (Wildman–Crippen LogP) is 7.06. The monoisotopic (exact) mass is 629 g/mol. The average molecular weight is 632 g/mol. The van der Waals surface area contributed by atoms with Gasteiger partial charge in [0, 0.05) is 37.6 Å². The number of carboxylic acid groups (broad SMARTS) is 2. The largest absolute Gasteiger partial charge is 0.464 e. The molecule has 2 aromatic rings. The van der Waals surface area contributed by atoms with Gasteiger partial charge in [0.1, 0.15) is 0 Å². The van der Waals surface area contributed by atoms with Crippen LogP contribution in [0.25, 0.3) is 0 Å². The van der Waals surface area contributed by atoms with Crippen LogP contribution in [0.15, 0.2) is 36.5 Å². The van der Waals surface area contributed by atoms with E-state index in [1.54, 1.807) is 0 Å². The SMILES string of the molecule is O=C1CC(CCc2ccccc2)CN1c1c(CC(Cl)(Cl)Cl)cnc(N(C(=O)O)C(=O)O)c1CC(Cl)(Cl)Cl. The molecular weight excluding hydrogens is 611 g/mol. The Morgan fingerprint density at radius 3 is 2.14 bits per heavy atom. The number of imide groups is 1. The van der Waals surface area contributed by atoms with Crippen molar-refractivity contribution >= 4 is 99.2 Å². The van der Waals surface area contributed by atoms with Crippen LogP contribution in [0.3, 0.4) is 0 Å². The van der Waals surface area contributed by atoms with Crippen molar-refractivity contribution in [2.24, 2.45) is 5.92 Å². The second-order valence-corrected chi connectivity index (χ2v) is 13.5. The smallest absolute Gasteiger partial charge is 0.422 e. The Morgan fingerprint density at radius 2 is 1.59 bits per heavy atom. The van der Waals surface area contributed by atoms with Gasteiger partial charge in [-0.05, 0) is 29.9 Å². The third-order valence-corrected chi connectivity index (χ3v) is 6.53. The lowest BCUT2D eigenvalue weighted by atomic mass is 9.98. The van der Waals surface area contributed by atoms with Crippen LogP contribution in [0.1, 0.15) is 29.5 Å². The summed E-state index contributed by atoms with van der Waals surface area (Å²) < 4.78 is -3.81. The van der Waals surface area contributed by atoms with Gasteiger partial charge in [-0.3, -0.25) is 4.79 Å². The van der Waals surface area contributed by atoms with E-state index in [0.717, 1.165) is 18.2 Å². The number of anilines is 2. The third-order valence-electron chi connectivity index (χ3n) is 5.72. The molecule has 200 valence electrons. The van der Waals surface area contributed by atoms with E-state index >= 15 is 0 Å². The van der Waals surface area contributed by atoms with Gasteiger partial charge in [0.15, 0.2) is 13.4 Å². The van der Waals surface area contributed by atoms with Crippen molar-refractivity contribution in [1.82, 2.24) is 4.98 Å². The summed E-state index contributed by atoms with van der Waals surface area (Å²) in [5.74, 6) is -0.876. The molecule has 14 heteroatoms. The first kappa shape index (κ1) is 29.9. The molecule has 0 bridgehead atoms. The molecule has 8 nitrogen and oxygen atoms in total. The minimum Gasteiger partial charge on any atom is -0.464 e. The van der Waals surface area contributed by atoms with Gasteiger partial charge < -0.3 is 15.1 Å². The zero-order valence-corrected chi connectivity index (χ0v) is 23.5. The summed E-state index contributed by atoms with van der Waals surface area (Å²) in [5, 5.41) is 19.1. The van der Waals surface area contributed by atoms with Crippen LogP contribution in [0, 0.1) is 5.92 Å². The van der Waals surface area contributed by atoms with Crippen LogP contribution in [-0.2, 0) is 24.1 Å². The summed E-state index contributed by atoms with van der Waals surface area (Å²) in [6.45, 7) is 0.245. The Labute approximate surface area is 242 Å². The van der Waals surface area contributed by atoms with Crippen molar-refractivity contribution < 1.29 is 24.6 Å². The van der Waals surface area contributed by atoms with E-state index < -0.39 is 32.0 Å². The van der Waals surface area contributed by atoms with Crippen LogP contribution < -0.4 is 9.80 Å². The van der Waals surface area contributed by atoms with Crippen LogP contribution in [0.2, 0.25) is 0 Å². The maximum atomic E-state index is 13.2. The minimum absolute atomic E-state index is 0.0121. The molecule has 0 aliphatic carbocycles. The molecule has 2 N–H and O–H groups in total. The molecule has 3 amide bonds. The van der Waals surface area contributed by atoms with E-state index in [1.165, 1.54) is 4.90 Å². The first-order chi connectivity index (χ1) is 17.2. The quantitative estimate of drug-likeness (QED) is 0.317. The summed E-state index contributed by atoms with van der Waals surface area (Å²) in [6, 6.07) is 9.77. The summed E-state index contributed by atoms with van der Waals surface area (Å²) in [6.07, 6.45) is -1.57. The van der Waals surface area contributed by atoms with Crippen molar-refractivity contribution in [2.75, 3.05) is 16.3 Å². The molecule has 0 radical (unpaired) electrons. The molecule has 1 atom stereocenters. The average Bonchev–Trinajstić information content (AvgIpc) is 3.12. The lowest BCUT2D eigenvalue weighted by Gasteiger charge is -2.29. The number of carbonyl (C=O) groups is 3. The van der Waals surface area contributed by atoms with Crippen LogP contribution in [0.4, 0.5) is 21.1 Å². The number of aryl methyl sites for hydroxylation is 1. The normalized spacial score (nSPS) is 16.2. The maximum absolute atomic E-state index is 13.2. The lowest BCUT2D eigenvalue weighted by Crippen LogP contribution is -2.37. The molecule has 0 spiro atoms. The first-order valence-electron chi connectivity index (χ1n) is 10.9. The second kappa shape index (κ2) is 12.0. The Hall–Kier alpha value is -1.68. The second-order valence-electron chi connectivity index (χ2n) is 8.52. The lowest BCUT2D eigenvalue weighted by molar-refractivity contribution is -0.117. The number of amides is 3. The molecule has 1 aliphatic heterocycles. The Balaban J connectivity index is 2.11. The Bertz CT molecular complexity index is 1160. The van der Waals surface area contributed by atoms with Crippen molar-refractivity contribution in [3.05, 3.63) is 53.2 Å². The highest BCUT2D eigenvalue weighted by Gasteiger charge is 2.39. The van der Waals surface area contributed by atoms with Gasteiger partial charge in [0.2, 0.25) is 5.91 Å². The molecule has 2 heterocycles. The summed E-state index contributed by atoms with van der Waals surface area (Å²) in [5.41, 5.74) is 1.39. The number of benzene rings is 1. The minimum atomic E-state index is -2.00. The topological polar surface area (TPSA) is 111 Å². The van der Waals surface area contributed by atoms with Gasteiger partial charge in [0.25, 0.3) is 0 Å². The molecule has 1 saturated heterocycles. The number of aromatic nitrogens is 1. The third kappa shape index (κ3) is 8.15. The maximum Gasteiger partial charge on any atom is 0.422 e. The fourth-order valence-corrected chi connectivity index (χ4v) is 5.12. The fourth-order valence-electron chi connectivity index (χ4n) is 4.28. The molecule has 1 aliphatic rings. The number of pyridine rings is 1. The van der Waals surface area contributed by atoms with Gasteiger partial charge >= 0.3 is 12.2 Å². The highest BCUT2D eigenvalue weighted by Crippen LogP contribution is 2.44. The van der Waals surface area contributed by atoms with Crippen molar-refractivity contribution in [2.45, 2.75) is 39.7 Å². The van der Waals surface area contributed by atoms with Crippen molar-refractivity contribution in [3.63, 3.8) is 0 Å². The van der Waals surface area contributed by atoms with E-state index in [-0.39, 0.29) is 52.9 Å². The van der Waals surface area contributed by atoms with Crippen molar-refractivity contribution in [3.8, 4) is 0 Å². The summed E-state index contributed by atoms with van der Waals surface area (Å²) in [7, 11) is 0. The molecule has 1 unspecified atom stereocenters. The number of halogens is 6. The highest BCUT2D eigenvalue weighted by molar-refractivity contribution is 6.68. The molecule has 1 aromatic carbocycles. The van der Waals surface area contributed by atoms with E-state index in [9.17, 15) is 24.6 Å². The molecule has 37 heavy (non-hydrogen) atoms. The number of rotatable bonds is 7. The number of hydrogen-bond acceptors (Lipinski definition) is 4. The van der Waals surface area contributed by atoms with Gasteiger partial charge in [-0.2, -0.15) is 4.90 Å². The van der Waals surface area contributed by atoms with Crippen LogP contribution in [-0.4, -0.2) is 47.4 Å². The zero-order valence-electron chi connectivity index (χ0n) is 19.0. The summed E-state index contributed by atoms with van der Waals surface area (Å²) in [4.78, 5) is 42.3. The molecule has 1 aromatic heterocycles. The van der Waals surface area contributed by atoms with Crippen molar-refractivity contribution in [1.29, 1.82) is 0 Å². The van der Waals surface area contributed by atoms with E-state index in [0.29, 0.717) is 6.42 Å². The number of alkyl halides is 6. The number of nitrogens with zero attached hydrogens (tertiary/aromatic N) is 3. The molecular formula is C23H21Cl6N3O5. The van der Waals surface area contributed by atoms with E-state index in [4.69, 9.17) is 69.6 Å². The standard InChI is InChI=1S/C23H21Cl6N3O5/c24-22(25,26)9-15-11-30-19(32(20(34)35)21(36)37)16(10-23(27,28)29)18(15)31-12-14(8-17(31)33)7-6-13-4-2-1-3-5-13/h1-5,11,14H,6-10,12H2,(H,34,35)(H,36,37). The molecule has 1 fully saturated rings. The fraction of sp³-hybridized carbons (Fsp3) is 0.391.